The molecule has 0 fully saturated rings. The van der Waals surface area contributed by atoms with Gasteiger partial charge in [-0.3, -0.25) is 0 Å². The van der Waals surface area contributed by atoms with Crippen LogP contribution in [0.2, 0.25) is 0 Å². The molecule has 0 aliphatic rings. The quantitative estimate of drug-likeness (QED) is 0.444. The van der Waals surface area contributed by atoms with Crippen LogP contribution >= 0.6 is 34.2 Å². The molecule has 0 bridgehead atoms. The summed E-state index contributed by atoms with van der Waals surface area (Å²) in [6.07, 6.45) is 0.865. The minimum absolute atomic E-state index is 0.218. The van der Waals surface area contributed by atoms with Gasteiger partial charge in [0.1, 0.15) is 11.6 Å². The molecule has 2 aromatic carbocycles. The fourth-order valence-corrected chi connectivity index (χ4v) is 3.06. The van der Waals surface area contributed by atoms with Crippen molar-refractivity contribution >= 4 is 45.2 Å². The molecule has 3 rings (SSSR count). The monoisotopic (exact) mass is 414 g/mol. The average molecular weight is 415 g/mol. The summed E-state index contributed by atoms with van der Waals surface area (Å²) in [5, 5.41) is 0. The zero-order chi connectivity index (χ0) is 14.8. The van der Waals surface area contributed by atoms with E-state index in [1.807, 2.05) is 45.4 Å². The van der Waals surface area contributed by atoms with Gasteiger partial charge >= 0.3 is 0 Å². The summed E-state index contributed by atoms with van der Waals surface area (Å²) in [6, 6.07) is 13.5. The van der Waals surface area contributed by atoms with E-state index in [0.717, 1.165) is 29.8 Å². The lowest BCUT2D eigenvalue weighted by atomic mass is 10.1. The highest BCUT2D eigenvalue weighted by atomic mass is 127. The van der Waals surface area contributed by atoms with Gasteiger partial charge in [-0.15, -0.1) is 11.6 Å². The number of benzene rings is 2. The average Bonchev–Trinajstić information content (AvgIpc) is 2.83. The molecule has 0 saturated heterocycles. The second-order valence-electron chi connectivity index (χ2n) is 4.80. The first kappa shape index (κ1) is 14.8. The zero-order valence-electron chi connectivity index (χ0n) is 11.2. The van der Waals surface area contributed by atoms with E-state index in [1.54, 1.807) is 12.1 Å². The normalized spacial score (nSPS) is 11.2. The Morgan fingerprint density at radius 2 is 1.95 bits per heavy atom. The van der Waals surface area contributed by atoms with Gasteiger partial charge in [0.05, 0.1) is 20.5 Å². The van der Waals surface area contributed by atoms with E-state index in [4.69, 9.17) is 11.6 Å². The molecule has 0 radical (unpaired) electrons. The van der Waals surface area contributed by atoms with Gasteiger partial charge < -0.3 is 4.57 Å². The van der Waals surface area contributed by atoms with Crippen LogP contribution in [-0.4, -0.2) is 9.55 Å². The van der Waals surface area contributed by atoms with E-state index in [-0.39, 0.29) is 5.82 Å². The largest absolute Gasteiger partial charge is 0.327 e. The smallest absolute Gasteiger partial charge is 0.138 e. The lowest BCUT2D eigenvalue weighted by molar-refractivity contribution is 0.619. The molecule has 1 aromatic heterocycles. The molecule has 3 aromatic rings. The van der Waals surface area contributed by atoms with Crippen LogP contribution in [0.4, 0.5) is 4.39 Å². The molecule has 108 valence electrons. The van der Waals surface area contributed by atoms with Gasteiger partial charge in [-0.05, 0) is 40.6 Å². The van der Waals surface area contributed by atoms with Crippen LogP contribution in [-0.2, 0) is 18.8 Å². The maximum Gasteiger partial charge on any atom is 0.138 e. The summed E-state index contributed by atoms with van der Waals surface area (Å²) in [5.74, 6) is 0.885. The Bertz CT molecular complexity index is 771. The fraction of sp³-hybridized carbons (Fsp3) is 0.188. The number of alkyl halides is 1. The molecule has 0 spiro atoms. The summed E-state index contributed by atoms with van der Waals surface area (Å²) in [4.78, 5) is 4.50. The van der Waals surface area contributed by atoms with Crippen LogP contribution in [0.3, 0.4) is 0 Å². The first-order valence-corrected chi connectivity index (χ1v) is 8.24. The molecule has 0 aliphatic carbocycles. The van der Waals surface area contributed by atoms with Gasteiger partial charge in [-0.2, -0.15) is 0 Å². The number of halogens is 3. The third kappa shape index (κ3) is 3.06. The van der Waals surface area contributed by atoms with Crippen molar-refractivity contribution in [1.82, 2.24) is 9.55 Å². The summed E-state index contributed by atoms with van der Waals surface area (Å²) in [6.45, 7) is 0.739. The third-order valence-corrected chi connectivity index (χ3v) is 4.52. The van der Waals surface area contributed by atoms with Crippen LogP contribution in [0.15, 0.2) is 42.5 Å². The Hall–Kier alpha value is -1.14. The minimum atomic E-state index is -0.218. The Morgan fingerprint density at radius 3 is 2.67 bits per heavy atom. The number of rotatable bonds is 4. The fourth-order valence-electron chi connectivity index (χ4n) is 2.41. The molecule has 0 aliphatic heterocycles. The molecule has 2 nitrogen and oxygen atoms in total. The van der Waals surface area contributed by atoms with Crippen molar-refractivity contribution in [2.45, 2.75) is 18.8 Å². The molecule has 5 heteroatoms. The number of hydrogen-bond acceptors (Lipinski definition) is 1. The molecule has 0 amide bonds. The molecule has 0 N–H and O–H groups in total. The second kappa shape index (κ2) is 6.32. The van der Waals surface area contributed by atoms with Crippen molar-refractivity contribution in [2.75, 3.05) is 0 Å². The lowest BCUT2D eigenvalue weighted by Gasteiger charge is -2.08. The van der Waals surface area contributed by atoms with Crippen molar-refractivity contribution < 1.29 is 4.39 Å². The van der Waals surface area contributed by atoms with Gasteiger partial charge in [0.25, 0.3) is 0 Å². The van der Waals surface area contributed by atoms with Crippen molar-refractivity contribution in [3.8, 4) is 0 Å². The zero-order valence-corrected chi connectivity index (χ0v) is 14.1. The standard InChI is InChI=1S/C16H13ClFIN2/c17-10-16-20-14-9-13(19)12(18)8-15(14)21(16)7-6-11-4-2-1-3-5-11/h1-5,8-9H,6-7,10H2. The number of fused-ring (bicyclic) bond motifs is 1. The Kier molecular flexibility index (Phi) is 4.45. The first-order valence-electron chi connectivity index (χ1n) is 6.63. The van der Waals surface area contributed by atoms with E-state index in [2.05, 4.69) is 17.1 Å². The van der Waals surface area contributed by atoms with Crippen molar-refractivity contribution in [3.05, 3.63) is 63.2 Å². The summed E-state index contributed by atoms with van der Waals surface area (Å²) in [5.41, 5.74) is 2.84. The van der Waals surface area contributed by atoms with Gasteiger partial charge in [-0.25, -0.2) is 9.37 Å². The van der Waals surface area contributed by atoms with E-state index >= 15 is 0 Å². The van der Waals surface area contributed by atoms with E-state index < -0.39 is 0 Å². The Labute approximate surface area is 141 Å². The molecule has 0 atom stereocenters. The molecular weight excluding hydrogens is 402 g/mol. The number of aromatic nitrogens is 2. The first-order chi connectivity index (χ1) is 10.2. The van der Waals surface area contributed by atoms with E-state index in [0.29, 0.717) is 9.45 Å². The SMILES string of the molecule is Fc1cc2c(cc1I)nc(CCl)n2CCc1ccccc1. The highest BCUT2D eigenvalue weighted by Crippen LogP contribution is 2.23. The van der Waals surface area contributed by atoms with Crippen LogP contribution in [0.1, 0.15) is 11.4 Å². The second-order valence-corrected chi connectivity index (χ2v) is 6.23. The number of aryl methyl sites for hydroxylation is 2. The molecular formula is C16H13ClFIN2. The van der Waals surface area contributed by atoms with Crippen LogP contribution in [0, 0.1) is 9.39 Å². The van der Waals surface area contributed by atoms with Crippen LogP contribution in [0.25, 0.3) is 11.0 Å². The number of nitrogens with zero attached hydrogens (tertiary/aromatic N) is 2. The Balaban J connectivity index is 1.98. The summed E-state index contributed by atoms with van der Waals surface area (Å²) in [7, 11) is 0. The minimum Gasteiger partial charge on any atom is -0.327 e. The molecule has 1 heterocycles. The maximum absolute atomic E-state index is 13.8. The van der Waals surface area contributed by atoms with Crippen molar-refractivity contribution in [2.24, 2.45) is 0 Å². The summed E-state index contributed by atoms with van der Waals surface area (Å²) < 4.78 is 16.4. The van der Waals surface area contributed by atoms with E-state index in [1.165, 1.54) is 5.56 Å². The maximum atomic E-state index is 13.8. The lowest BCUT2D eigenvalue weighted by Crippen LogP contribution is -2.05. The van der Waals surface area contributed by atoms with Crippen LogP contribution in [0.5, 0.6) is 0 Å². The van der Waals surface area contributed by atoms with Gasteiger partial charge in [0.2, 0.25) is 0 Å². The predicted molar refractivity (Wildman–Crippen MR) is 92.1 cm³/mol. The topological polar surface area (TPSA) is 17.8 Å². The predicted octanol–water partition coefficient (Wildman–Crippen LogP) is 4.76. The summed E-state index contributed by atoms with van der Waals surface area (Å²) >= 11 is 7.96. The number of imidazole rings is 1. The molecule has 0 saturated carbocycles. The van der Waals surface area contributed by atoms with Gasteiger partial charge in [-0.1, -0.05) is 30.3 Å². The number of hydrogen-bond donors (Lipinski definition) is 0. The van der Waals surface area contributed by atoms with Crippen molar-refractivity contribution in [3.63, 3.8) is 0 Å². The highest BCUT2D eigenvalue weighted by molar-refractivity contribution is 14.1. The van der Waals surface area contributed by atoms with Gasteiger partial charge in [0.15, 0.2) is 0 Å². The van der Waals surface area contributed by atoms with Crippen LogP contribution < -0.4 is 0 Å². The molecule has 21 heavy (non-hydrogen) atoms. The Morgan fingerprint density at radius 1 is 1.19 bits per heavy atom. The van der Waals surface area contributed by atoms with Gasteiger partial charge in [0, 0.05) is 12.6 Å². The van der Waals surface area contributed by atoms with E-state index in [9.17, 15) is 4.39 Å². The third-order valence-electron chi connectivity index (χ3n) is 3.46. The van der Waals surface area contributed by atoms with Crippen molar-refractivity contribution in [1.29, 1.82) is 0 Å². The highest BCUT2D eigenvalue weighted by Gasteiger charge is 2.12. The molecule has 0 unspecified atom stereocenters.